The zero-order valence-electron chi connectivity index (χ0n) is 28.6. The summed E-state index contributed by atoms with van der Waals surface area (Å²) < 4.78 is 27.9. The Morgan fingerprint density at radius 3 is 2.69 bits per heavy atom. The van der Waals surface area contributed by atoms with Gasteiger partial charge in [-0.25, -0.2) is 19.0 Å². The number of carboxylic acid groups (broad SMARTS) is 1. The van der Waals surface area contributed by atoms with Crippen LogP contribution in [0.25, 0.3) is 22.3 Å². The van der Waals surface area contributed by atoms with Gasteiger partial charge >= 0.3 is 18.0 Å². The molecule has 268 valence electrons. The molecule has 3 aromatic rings. The van der Waals surface area contributed by atoms with E-state index in [2.05, 4.69) is 10.6 Å². The number of carbonyl (C=O) groups is 4. The number of hydrogen-bond donors (Lipinski definition) is 4. The highest BCUT2D eigenvalue weighted by Gasteiger charge is 2.46. The molecule has 0 unspecified atom stereocenters. The van der Waals surface area contributed by atoms with Gasteiger partial charge in [0.15, 0.2) is 5.60 Å². The molecule has 0 radical (unpaired) electrons. The molecule has 4 atom stereocenters. The van der Waals surface area contributed by atoms with Crippen LogP contribution in [0.5, 0.6) is 0 Å². The van der Waals surface area contributed by atoms with E-state index in [1.165, 1.54) is 10.6 Å². The maximum Gasteiger partial charge on any atom is 0.408 e. The Balaban J connectivity index is 1.22. The van der Waals surface area contributed by atoms with E-state index in [1.807, 2.05) is 6.08 Å². The van der Waals surface area contributed by atoms with Crippen LogP contribution in [0.4, 0.5) is 9.18 Å². The lowest BCUT2D eigenvalue weighted by Crippen LogP contribution is -2.44. The fourth-order valence-electron chi connectivity index (χ4n) is 8.04. The number of allylic oxidation sites excluding steroid dienone is 1. The van der Waals surface area contributed by atoms with Crippen molar-refractivity contribution < 1.29 is 43.3 Å². The SMILES string of the molecule is CC[C@@]1(O)C(=O)OCc2c1cc1n(c2=O)Cc2c-1nc1cc(F)c(C)c3c1c2[C@@H](NC(=O)O[C@H]1/C=C/CC[C@@](C)(C(=O)NCC(=O)O)CC1)CC3. The smallest absolute Gasteiger partial charge is 0.408 e. The minimum absolute atomic E-state index is 0.0136. The first-order valence-electron chi connectivity index (χ1n) is 17.2. The number of nitrogens with zero attached hydrogens (tertiary/aromatic N) is 2. The van der Waals surface area contributed by atoms with Crippen LogP contribution in [-0.4, -0.2) is 56.4 Å². The average molecular weight is 703 g/mol. The normalized spacial score (nSPS) is 25.4. The van der Waals surface area contributed by atoms with Crippen molar-refractivity contribution in [3.05, 3.63) is 73.8 Å². The number of rotatable bonds is 6. The Kier molecular flexibility index (Phi) is 8.48. The third kappa shape index (κ3) is 5.65. The summed E-state index contributed by atoms with van der Waals surface area (Å²) in [4.78, 5) is 68.8. The zero-order chi connectivity index (χ0) is 36.4. The van der Waals surface area contributed by atoms with E-state index >= 15 is 4.39 Å². The maximum atomic E-state index is 15.3. The third-order valence-electron chi connectivity index (χ3n) is 11.1. The third-order valence-corrected chi connectivity index (χ3v) is 11.1. The van der Waals surface area contributed by atoms with Crippen molar-refractivity contribution in [2.45, 2.75) is 96.6 Å². The van der Waals surface area contributed by atoms with Crippen molar-refractivity contribution in [2.75, 3.05) is 6.54 Å². The number of carboxylic acids is 1. The van der Waals surface area contributed by atoms with Crippen LogP contribution < -0.4 is 16.2 Å². The highest BCUT2D eigenvalue weighted by molar-refractivity contribution is 5.93. The molecule has 4 N–H and O–H groups in total. The summed E-state index contributed by atoms with van der Waals surface area (Å²) in [5, 5.41) is 26.5. The number of benzene rings is 1. The number of cyclic esters (lactones) is 1. The first-order chi connectivity index (χ1) is 24.3. The molecule has 2 amide bonds. The van der Waals surface area contributed by atoms with E-state index in [0.717, 1.165) is 5.56 Å². The van der Waals surface area contributed by atoms with E-state index < -0.39 is 59.1 Å². The number of hydrogen-bond acceptors (Lipinski definition) is 9. The Labute approximate surface area is 291 Å². The first-order valence-corrected chi connectivity index (χ1v) is 17.2. The van der Waals surface area contributed by atoms with Crippen molar-refractivity contribution >= 4 is 34.8 Å². The molecule has 7 rings (SSSR count). The minimum Gasteiger partial charge on any atom is -0.480 e. The predicted octanol–water partition coefficient (Wildman–Crippen LogP) is 3.95. The van der Waals surface area contributed by atoms with Crippen LogP contribution in [0, 0.1) is 18.2 Å². The van der Waals surface area contributed by atoms with Gasteiger partial charge in [0, 0.05) is 28.0 Å². The molecule has 0 saturated carbocycles. The fraction of sp³-hybridized carbons (Fsp3) is 0.459. The predicted molar refractivity (Wildman–Crippen MR) is 180 cm³/mol. The molecule has 0 bridgehead atoms. The number of nitrogens with one attached hydrogen (secondary N) is 2. The molecule has 2 aliphatic carbocycles. The highest BCUT2D eigenvalue weighted by atomic mass is 19.1. The number of amides is 2. The van der Waals surface area contributed by atoms with Crippen LogP contribution in [0.3, 0.4) is 0 Å². The van der Waals surface area contributed by atoms with Crippen molar-refractivity contribution in [1.29, 1.82) is 0 Å². The quantitative estimate of drug-likeness (QED) is 0.169. The summed E-state index contributed by atoms with van der Waals surface area (Å²) in [5.74, 6) is -2.77. The maximum absolute atomic E-state index is 15.3. The number of carbonyl (C=O) groups excluding carboxylic acids is 3. The largest absolute Gasteiger partial charge is 0.480 e. The molecular weight excluding hydrogens is 663 g/mol. The Morgan fingerprint density at radius 1 is 1.16 bits per heavy atom. The lowest BCUT2D eigenvalue weighted by molar-refractivity contribution is -0.172. The first kappa shape index (κ1) is 34.3. The van der Waals surface area contributed by atoms with Crippen molar-refractivity contribution in [3.8, 4) is 11.4 Å². The number of pyridine rings is 2. The second kappa shape index (κ2) is 12.6. The number of alkyl carbamates (subject to hydrolysis) is 1. The van der Waals surface area contributed by atoms with Gasteiger partial charge in [-0.15, -0.1) is 0 Å². The molecule has 2 aliphatic heterocycles. The second-order valence-corrected chi connectivity index (χ2v) is 14.1. The second-order valence-electron chi connectivity index (χ2n) is 14.1. The number of esters is 1. The van der Waals surface area contributed by atoms with E-state index in [4.69, 9.17) is 19.6 Å². The summed E-state index contributed by atoms with van der Waals surface area (Å²) in [5.41, 5.74) is 0.799. The monoisotopic (exact) mass is 702 g/mol. The summed E-state index contributed by atoms with van der Waals surface area (Å²) >= 11 is 0. The Morgan fingerprint density at radius 2 is 1.94 bits per heavy atom. The van der Waals surface area contributed by atoms with E-state index in [0.29, 0.717) is 77.5 Å². The van der Waals surface area contributed by atoms with Crippen LogP contribution in [0.1, 0.15) is 91.8 Å². The molecule has 13 nitrogen and oxygen atoms in total. The number of ether oxygens (including phenoxy) is 2. The number of aliphatic carboxylic acids is 1. The van der Waals surface area contributed by atoms with Crippen molar-refractivity contribution in [3.63, 3.8) is 0 Å². The van der Waals surface area contributed by atoms with Gasteiger partial charge in [-0.3, -0.25) is 14.4 Å². The summed E-state index contributed by atoms with van der Waals surface area (Å²) in [6, 6.07) is 2.36. The Bertz CT molecular complexity index is 2130. The topological polar surface area (TPSA) is 186 Å². The number of halogens is 1. The number of fused-ring (bicyclic) bond motifs is 5. The van der Waals surface area contributed by atoms with Gasteiger partial charge in [-0.2, -0.15) is 0 Å². The molecule has 14 heteroatoms. The van der Waals surface area contributed by atoms with Gasteiger partial charge < -0.3 is 34.9 Å². The molecule has 0 spiro atoms. The molecular formula is C37H39FN4O9. The van der Waals surface area contributed by atoms with Gasteiger partial charge in [-0.1, -0.05) is 19.9 Å². The van der Waals surface area contributed by atoms with E-state index in [9.17, 15) is 29.1 Å². The molecule has 0 fully saturated rings. The van der Waals surface area contributed by atoms with E-state index in [1.54, 1.807) is 32.9 Å². The fourth-order valence-corrected chi connectivity index (χ4v) is 8.04. The molecule has 2 aromatic heterocycles. The number of aliphatic hydroxyl groups is 1. The van der Waals surface area contributed by atoms with Crippen LogP contribution in [0.15, 0.2) is 29.1 Å². The van der Waals surface area contributed by atoms with Crippen LogP contribution >= 0.6 is 0 Å². The minimum atomic E-state index is -2.01. The van der Waals surface area contributed by atoms with Crippen molar-refractivity contribution in [1.82, 2.24) is 20.2 Å². The zero-order valence-corrected chi connectivity index (χ0v) is 28.6. The molecule has 4 aliphatic rings. The Hall–Kier alpha value is -5.11. The van der Waals surface area contributed by atoms with Gasteiger partial charge in [0.05, 0.1) is 35.1 Å². The van der Waals surface area contributed by atoms with Gasteiger partial charge in [0.1, 0.15) is 25.1 Å². The summed E-state index contributed by atoms with van der Waals surface area (Å²) in [6.07, 6.45) is 4.89. The van der Waals surface area contributed by atoms with E-state index in [-0.39, 0.29) is 36.6 Å². The molecule has 0 saturated heterocycles. The van der Waals surface area contributed by atoms with Gasteiger partial charge in [0.25, 0.3) is 5.56 Å². The summed E-state index contributed by atoms with van der Waals surface area (Å²) in [6.45, 7) is 4.44. The lowest BCUT2D eigenvalue weighted by Gasteiger charge is -2.32. The number of aryl methyl sites for hydroxylation is 1. The van der Waals surface area contributed by atoms with Gasteiger partial charge in [0.2, 0.25) is 5.91 Å². The standard InChI is InChI=1S/C37H39FN4O9/c1-4-37(49)23-13-27-31-21(16-42(27)32(45)22(23)17-50-34(37)47)30-25(9-8-20-18(2)24(38)14-26(40-31)29(20)30)41-35(48)51-19-7-5-6-11-36(3,12-10-19)33(46)39-15-28(43)44/h5,7,13-14,19,25,49H,4,6,8-12,15-17H2,1-3H3,(H,39,46)(H,41,48)(H,43,44)/b7-5+/t19-,25-,36+,37-/m0/s1. The highest BCUT2D eigenvalue weighted by Crippen LogP contribution is 2.46. The summed E-state index contributed by atoms with van der Waals surface area (Å²) in [7, 11) is 0. The van der Waals surface area contributed by atoms with Crippen LogP contribution in [0.2, 0.25) is 0 Å². The molecule has 1 aromatic carbocycles. The van der Waals surface area contributed by atoms with Gasteiger partial charge in [-0.05, 0) is 80.7 Å². The lowest BCUT2D eigenvalue weighted by atomic mass is 9.78. The van der Waals surface area contributed by atoms with Crippen LogP contribution in [-0.2, 0) is 49.0 Å². The molecule has 4 heterocycles. The number of aromatic nitrogens is 2. The van der Waals surface area contributed by atoms with Crippen molar-refractivity contribution in [2.24, 2.45) is 5.41 Å². The average Bonchev–Trinajstić information content (AvgIpc) is 3.46. The molecule has 51 heavy (non-hydrogen) atoms.